The molecule has 0 saturated carbocycles. The molecular formula is C29H26FN5O4S. The van der Waals surface area contributed by atoms with Crippen molar-refractivity contribution in [2.24, 2.45) is 0 Å². The monoisotopic (exact) mass is 559 g/mol. The van der Waals surface area contributed by atoms with Crippen LogP contribution in [0.4, 0.5) is 21.7 Å². The summed E-state index contributed by atoms with van der Waals surface area (Å²) in [4.78, 5) is 17.1. The van der Waals surface area contributed by atoms with Gasteiger partial charge in [-0.25, -0.2) is 17.3 Å². The molecular weight excluding hydrogens is 533 g/mol. The van der Waals surface area contributed by atoms with Gasteiger partial charge in [0.15, 0.2) is 15.5 Å². The van der Waals surface area contributed by atoms with Crippen LogP contribution in [0, 0.1) is 12.7 Å². The van der Waals surface area contributed by atoms with Crippen molar-refractivity contribution in [1.29, 1.82) is 0 Å². The maximum absolute atomic E-state index is 13.3. The summed E-state index contributed by atoms with van der Waals surface area (Å²) in [6, 6.07) is 20.1. The maximum atomic E-state index is 13.3. The van der Waals surface area contributed by atoms with Crippen LogP contribution in [0.15, 0.2) is 83.9 Å². The van der Waals surface area contributed by atoms with E-state index in [1.165, 1.54) is 31.4 Å². The number of rotatable bonds is 8. The summed E-state index contributed by atoms with van der Waals surface area (Å²) in [6.45, 7) is 1.78. The fourth-order valence-electron chi connectivity index (χ4n) is 4.21. The van der Waals surface area contributed by atoms with E-state index in [0.717, 1.165) is 28.5 Å². The summed E-state index contributed by atoms with van der Waals surface area (Å²) >= 11 is 0. The van der Waals surface area contributed by atoms with Crippen molar-refractivity contribution in [3.63, 3.8) is 0 Å². The molecule has 1 amide bonds. The van der Waals surface area contributed by atoms with Crippen molar-refractivity contribution in [1.82, 2.24) is 14.6 Å². The Hall–Kier alpha value is -4.77. The molecule has 0 aliphatic heterocycles. The number of halogens is 1. The number of nitrogens with zero attached hydrogens (tertiary/aromatic N) is 3. The Morgan fingerprint density at radius 3 is 2.45 bits per heavy atom. The highest BCUT2D eigenvalue weighted by Crippen LogP contribution is 2.30. The van der Waals surface area contributed by atoms with Crippen LogP contribution in [0.5, 0.6) is 5.75 Å². The number of methoxy groups -OCH3 is 1. The van der Waals surface area contributed by atoms with Crippen LogP contribution < -0.4 is 15.4 Å². The van der Waals surface area contributed by atoms with Gasteiger partial charge in [0.05, 0.1) is 24.1 Å². The number of anilines is 3. The molecule has 5 rings (SSSR count). The lowest BCUT2D eigenvalue weighted by atomic mass is 10.0. The molecule has 0 aliphatic rings. The van der Waals surface area contributed by atoms with E-state index in [2.05, 4.69) is 20.7 Å². The number of aromatic nitrogens is 3. The summed E-state index contributed by atoms with van der Waals surface area (Å²) in [5.74, 6) is 0.156. The van der Waals surface area contributed by atoms with Crippen molar-refractivity contribution in [2.45, 2.75) is 18.2 Å². The number of hydrogen-bond acceptors (Lipinski definition) is 7. The number of benzene rings is 3. The van der Waals surface area contributed by atoms with Gasteiger partial charge in [-0.3, -0.25) is 4.79 Å². The first kappa shape index (κ1) is 26.8. The third kappa shape index (κ3) is 5.94. The SMILES string of the molecule is COc1cc(S(C)(=O)=O)ccc1Nc1nc2ccc(-c3ccc(NC(=O)Cc4ccc(F)cc4C)cc3)cn2n1. The van der Waals surface area contributed by atoms with E-state index in [4.69, 9.17) is 4.74 Å². The number of fused-ring (bicyclic) bond motifs is 1. The Balaban J connectivity index is 1.29. The molecule has 5 aromatic rings. The van der Waals surface area contributed by atoms with Crippen molar-refractivity contribution in [2.75, 3.05) is 24.0 Å². The molecule has 0 atom stereocenters. The zero-order valence-corrected chi connectivity index (χ0v) is 22.8. The zero-order chi connectivity index (χ0) is 28.4. The van der Waals surface area contributed by atoms with E-state index in [1.54, 1.807) is 23.6 Å². The van der Waals surface area contributed by atoms with Crippen LogP contribution in [0.3, 0.4) is 0 Å². The van der Waals surface area contributed by atoms with Gasteiger partial charge in [-0.1, -0.05) is 18.2 Å². The largest absolute Gasteiger partial charge is 0.495 e. The predicted molar refractivity (Wildman–Crippen MR) is 151 cm³/mol. The Morgan fingerprint density at radius 2 is 1.75 bits per heavy atom. The molecule has 11 heteroatoms. The van der Waals surface area contributed by atoms with Crippen molar-refractivity contribution < 1.29 is 22.3 Å². The van der Waals surface area contributed by atoms with Gasteiger partial charge in [0.1, 0.15) is 11.6 Å². The lowest BCUT2D eigenvalue weighted by Crippen LogP contribution is -2.15. The van der Waals surface area contributed by atoms with Gasteiger partial charge < -0.3 is 15.4 Å². The molecule has 204 valence electrons. The van der Waals surface area contributed by atoms with Crippen LogP contribution in [-0.2, 0) is 21.1 Å². The summed E-state index contributed by atoms with van der Waals surface area (Å²) in [5, 5.41) is 10.4. The number of sulfone groups is 1. The smallest absolute Gasteiger partial charge is 0.247 e. The van der Waals surface area contributed by atoms with E-state index >= 15 is 0 Å². The molecule has 0 spiro atoms. The molecule has 2 heterocycles. The molecule has 0 unspecified atom stereocenters. The third-order valence-corrected chi connectivity index (χ3v) is 7.45. The first-order valence-electron chi connectivity index (χ1n) is 12.3. The number of nitrogens with one attached hydrogen (secondary N) is 2. The molecule has 0 bridgehead atoms. The molecule has 0 aliphatic carbocycles. The minimum Gasteiger partial charge on any atom is -0.495 e. The number of carbonyl (C=O) groups is 1. The topological polar surface area (TPSA) is 115 Å². The average molecular weight is 560 g/mol. The molecule has 0 fully saturated rings. The molecule has 0 saturated heterocycles. The average Bonchev–Trinajstić information content (AvgIpc) is 3.32. The minimum atomic E-state index is -3.38. The van der Waals surface area contributed by atoms with E-state index in [0.29, 0.717) is 28.7 Å². The van der Waals surface area contributed by atoms with E-state index in [9.17, 15) is 17.6 Å². The van der Waals surface area contributed by atoms with Gasteiger partial charge in [-0.05, 0) is 72.1 Å². The van der Waals surface area contributed by atoms with Gasteiger partial charge in [-0.15, -0.1) is 5.10 Å². The van der Waals surface area contributed by atoms with E-state index in [1.807, 2.05) is 42.6 Å². The fraction of sp³-hybridized carbons (Fsp3) is 0.138. The Kier molecular flexibility index (Phi) is 7.22. The molecule has 9 nitrogen and oxygen atoms in total. The normalized spacial score (nSPS) is 11.4. The third-order valence-electron chi connectivity index (χ3n) is 6.34. The second kappa shape index (κ2) is 10.8. The lowest BCUT2D eigenvalue weighted by Gasteiger charge is -2.10. The summed E-state index contributed by atoms with van der Waals surface area (Å²) in [5.41, 5.74) is 5.09. The number of pyridine rings is 1. The van der Waals surface area contributed by atoms with Crippen LogP contribution >= 0.6 is 0 Å². The first-order valence-corrected chi connectivity index (χ1v) is 14.1. The van der Waals surface area contributed by atoms with Gasteiger partial charge >= 0.3 is 0 Å². The molecule has 3 aromatic carbocycles. The number of carbonyl (C=O) groups excluding carboxylic acids is 1. The number of hydrogen-bond donors (Lipinski definition) is 2. The van der Waals surface area contributed by atoms with Crippen LogP contribution in [-0.4, -0.2) is 42.3 Å². The molecule has 2 N–H and O–H groups in total. The Morgan fingerprint density at radius 1 is 1.00 bits per heavy atom. The summed E-state index contributed by atoms with van der Waals surface area (Å²) < 4.78 is 44.0. The summed E-state index contributed by atoms with van der Waals surface area (Å²) in [7, 11) is -1.92. The van der Waals surface area contributed by atoms with Crippen molar-refractivity contribution >= 4 is 38.7 Å². The zero-order valence-electron chi connectivity index (χ0n) is 22.0. The number of aryl methyl sites for hydroxylation is 1. The van der Waals surface area contributed by atoms with Crippen LogP contribution in [0.2, 0.25) is 0 Å². The predicted octanol–water partition coefficient (Wildman–Crippen LogP) is 5.18. The standard InChI is InChI=1S/C29H26FN5O4S/c1-18-14-22(30)8-4-20(18)15-28(36)31-23-9-5-19(6-10-23)21-7-13-27-33-29(34-35(27)17-21)32-25-12-11-24(40(3,37)38)16-26(25)39-2/h4-14,16-17H,15H2,1-3H3,(H,31,36)(H,32,34). The second-order valence-electron chi connectivity index (χ2n) is 9.29. The van der Waals surface area contributed by atoms with Crippen LogP contribution in [0.1, 0.15) is 11.1 Å². The highest BCUT2D eigenvalue weighted by molar-refractivity contribution is 7.90. The van der Waals surface area contributed by atoms with Gasteiger partial charge in [-0.2, -0.15) is 4.98 Å². The fourth-order valence-corrected chi connectivity index (χ4v) is 4.85. The van der Waals surface area contributed by atoms with E-state index < -0.39 is 9.84 Å². The van der Waals surface area contributed by atoms with Crippen LogP contribution in [0.25, 0.3) is 16.8 Å². The molecule has 0 radical (unpaired) electrons. The first-order chi connectivity index (χ1) is 19.1. The van der Waals surface area contributed by atoms with Crippen molar-refractivity contribution in [3.8, 4) is 16.9 Å². The quantitative estimate of drug-likeness (QED) is 0.269. The second-order valence-corrected chi connectivity index (χ2v) is 11.3. The summed E-state index contributed by atoms with van der Waals surface area (Å²) in [6.07, 6.45) is 3.12. The van der Waals surface area contributed by atoms with Gasteiger partial charge in [0.2, 0.25) is 11.9 Å². The number of ether oxygens (including phenoxy) is 1. The number of amides is 1. The van der Waals surface area contributed by atoms with Gasteiger partial charge in [0.25, 0.3) is 0 Å². The lowest BCUT2D eigenvalue weighted by molar-refractivity contribution is -0.115. The Labute approximate surface area is 230 Å². The highest BCUT2D eigenvalue weighted by atomic mass is 32.2. The van der Waals surface area contributed by atoms with Crippen molar-refractivity contribution in [3.05, 3.63) is 95.9 Å². The Bertz CT molecular complexity index is 1840. The molecule has 40 heavy (non-hydrogen) atoms. The van der Waals surface area contributed by atoms with Gasteiger partial charge in [0, 0.05) is 29.8 Å². The minimum absolute atomic E-state index is 0.149. The highest BCUT2D eigenvalue weighted by Gasteiger charge is 2.14. The maximum Gasteiger partial charge on any atom is 0.247 e. The molecule has 2 aromatic heterocycles. The van der Waals surface area contributed by atoms with E-state index in [-0.39, 0.29) is 23.0 Å².